The van der Waals surface area contributed by atoms with E-state index >= 15 is 0 Å². The number of rotatable bonds is 8. The molecule has 1 aliphatic heterocycles. The van der Waals surface area contributed by atoms with Gasteiger partial charge in [-0.15, -0.1) is 0 Å². The van der Waals surface area contributed by atoms with Crippen molar-refractivity contribution in [3.63, 3.8) is 0 Å². The van der Waals surface area contributed by atoms with Crippen molar-refractivity contribution in [1.82, 2.24) is 16.0 Å². The third-order valence-corrected chi connectivity index (χ3v) is 3.79. The van der Waals surface area contributed by atoms with Gasteiger partial charge in [0.15, 0.2) is 0 Å². The largest absolute Gasteiger partial charge is 0.368 e. The highest BCUT2D eigenvalue weighted by molar-refractivity contribution is 5.92. The highest BCUT2D eigenvalue weighted by Crippen LogP contribution is 2.09. The first-order chi connectivity index (χ1) is 10.3. The molecule has 5 N–H and O–H groups in total. The van der Waals surface area contributed by atoms with Crippen LogP contribution in [0.4, 0.5) is 0 Å². The number of amides is 3. The van der Waals surface area contributed by atoms with E-state index in [0.29, 0.717) is 12.8 Å². The second-order valence-electron chi connectivity index (χ2n) is 6.21. The summed E-state index contributed by atoms with van der Waals surface area (Å²) in [5.41, 5.74) is 5.25. The summed E-state index contributed by atoms with van der Waals surface area (Å²) in [6, 6.07) is -1.59. The molecule has 1 heterocycles. The Bertz CT molecular complexity index is 406. The maximum Gasteiger partial charge on any atom is 0.243 e. The molecule has 3 amide bonds. The predicted octanol–water partition coefficient (Wildman–Crippen LogP) is -0.351. The zero-order valence-corrected chi connectivity index (χ0v) is 13.6. The Balaban J connectivity index is 2.67. The molecule has 0 unspecified atom stereocenters. The Labute approximate surface area is 131 Å². The molecule has 22 heavy (non-hydrogen) atoms. The third-order valence-electron chi connectivity index (χ3n) is 3.79. The zero-order chi connectivity index (χ0) is 16.7. The SMILES string of the molecule is CC[C@H](NC(=O)[C@H](CC(C)C)NC(=O)[C@@H]1CCCN1)C(N)=O. The number of nitrogens with two attached hydrogens (primary N) is 1. The zero-order valence-electron chi connectivity index (χ0n) is 13.6. The molecule has 0 spiro atoms. The van der Waals surface area contributed by atoms with Gasteiger partial charge in [-0.05, 0) is 38.1 Å². The molecule has 1 saturated heterocycles. The van der Waals surface area contributed by atoms with E-state index in [9.17, 15) is 14.4 Å². The summed E-state index contributed by atoms with van der Waals surface area (Å²) in [7, 11) is 0. The first-order valence-corrected chi connectivity index (χ1v) is 7.98. The van der Waals surface area contributed by atoms with Gasteiger partial charge < -0.3 is 21.7 Å². The standard InChI is InChI=1S/C15H28N4O3/c1-4-10(13(16)20)18-15(22)12(8-9(2)3)19-14(21)11-6-5-7-17-11/h9-12,17H,4-8H2,1-3H3,(H2,16,20)(H,18,22)(H,19,21)/t10-,11-,12-/m0/s1. The van der Waals surface area contributed by atoms with Gasteiger partial charge in [0.2, 0.25) is 17.7 Å². The second kappa shape index (κ2) is 8.73. The van der Waals surface area contributed by atoms with E-state index in [-0.39, 0.29) is 23.8 Å². The number of nitrogens with one attached hydrogen (secondary N) is 3. The fourth-order valence-electron chi connectivity index (χ4n) is 2.53. The number of hydrogen-bond donors (Lipinski definition) is 4. The van der Waals surface area contributed by atoms with E-state index in [2.05, 4.69) is 16.0 Å². The number of primary amides is 1. The van der Waals surface area contributed by atoms with E-state index < -0.39 is 18.0 Å². The third kappa shape index (κ3) is 5.63. The minimum atomic E-state index is -0.705. The Morgan fingerprint density at radius 2 is 1.91 bits per heavy atom. The lowest BCUT2D eigenvalue weighted by atomic mass is 10.0. The molecule has 0 saturated carbocycles. The number of carbonyl (C=O) groups excluding carboxylic acids is 3. The molecule has 0 aliphatic carbocycles. The highest BCUT2D eigenvalue weighted by atomic mass is 16.2. The Morgan fingerprint density at radius 1 is 1.23 bits per heavy atom. The van der Waals surface area contributed by atoms with Crippen LogP contribution in [0, 0.1) is 5.92 Å². The van der Waals surface area contributed by atoms with Crippen LogP contribution in [0.1, 0.15) is 46.5 Å². The molecule has 0 bridgehead atoms. The maximum atomic E-state index is 12.3. The minimum Gasteiger partial charge on any atom is -0.368 e. The number of hydrogen-bond acceptors (Lipinski definition) is 4. The summed E-state index contributed by atoms with van der Waals surface area (Å²) in [5, 5.41) is 8.52. The fraction of sp³-hybridized carbons (Fsp3) is 0.800. The molecule has 7 heteroatoms. The van der Waals surface area contributed by atoms with Gasteiger partial charge in [-0.2, -0.15) is 0 Å². The van der Waals surface area contributed by atoms with E-state index in [1.54, 1.807) is 6.92 Å². The highest BCUT2D eigenvalue weighted by Gasteiger charge is 2.29. The number of carbonyl (C=O) groups is 3. The van der Waals surface area contributed by atoms with Gasteiger partial charge in [-0.3, -0.25) is 14.4 Å². The molecule has 1 fully saturated rings. The monoisotopic (exact) mass is 312 g/mol. The van der Waals surface area contributed by atoms with Crippen LogP contribution >= 0.6 is 0 Å². The molecular weight excluding hydrogens is 284 g/mol. The van der Waals surface area contributed by atoms with Crippen LogP contribution in [0.5, 0.6) is 0 Å². The molecule has 1 rings (SSSR count). The summed E-state index contributed by atoms with van der Waals surface area (Å²) in [4.78, 5) is 35.8. The molecule has 0 aromatic heterocycles. The van der Waals surface area contributed by atoms with Gasteiger partial charge in [-0.25, -0.2) is 0 Å². The molecular formula is C15H28N4O3. The van der Waals surface area contributed by atoms with Gasteiger partial charge in [0.25, 0.3) is 0 Å². The first-order valence-electron chi connectivity index (χ1n) is 7.98. The van der Waals surface area contributed by atoms with Gasteiger partial charge in [-0.1, -0.05) is 20.8 Å². The van der Waals surface area contributed by atoms with Gasteiger partial charge in [0, 0.05) is 0 Å². The van der Waals surface area contributed by atoms with E-state index in [1.165, 1.54) is 0 Å². The van der Waals surface area contributed by atoms with Crippen molar-refractivity contribution >= 4 is 17.7 Å². The van der Waals surface area contributed by atoms with Crippen LogP contribution in [-0.4, -0.2) is 42.4 Å². The van der Waals surface area contributed by atoms with Crippen LogP contribution in [0.3, 0.4) is 0 Å². The van der Waals surface area contributed by atoms with Crippen molar-refractivity contribution in [2.24, 2.45) is 11.7 Å². The van der Waals surface area contributed by atoms with Crippen molar-refractivity contribution < 1.29 is 14.4 Å². The fourth-order valence-corrected chi connectivity index (χ4v) is 2.53. The Kier molecular flexibility index (Phi) is 7.31. The van der Waals surface area contributed by atoms with Crippen LogP contribution < -0.4 is 21.7 Å². The molecule has 1 aliphatic rings. The van der Waals surface area contributed by atoms with Crippen LogP contribution in [-0.2, 0) is 14.4 Å². The van der Waals surface area contributed by atoms with Crippen molar-refractivity contribution in [2.75, 3.05) is 6.54 Å². The molecule has 0 radical (unpaired) electrons. The van der Waals surface area contributed by atoms with Crippen LogP contribution in [0.2, 0.25) is 0 Å². The van der Waals surface area contributed by atoms with E-state index in [0.717, 1.165) is 19.4 Å². The maximum absolute atomic E-state index is 12.3. The Hall–Kier alpha value is -1.63. The molecule has 3 atom stereocenters. The lowest BCUT2D eigenvalue weighted by Crippen LogP contribution is -2.55. The average Bonchev–Trinajstić information content (AvgIpc) is 2.96. The smallest absolute Gasteiger partial charge is 0.243 e. The van der Waals surface area contributed by atoms with Crippen molar-refractivity contribution in [2.45, 2.75) is 64.6 Å². The summed E-state index contributed by atoms with van der Waals surface area (Å²) < 4.78 is 0. The molecule has 0 aromatic carbocycles. The minimum absolute atomic E-state index is 0.162. The lowest BCUT2D eigenvalue weighted by Gasteiger charge is -2.24. The topological polar surface area (TPSA) is 113 Å². The first kappa shape index (κ1) is 18.4. The van der Waals surface area contributed by atoms with Crippen molar-refractivity contribution in [3.8, 4) is 0 Å². The normalized spacial score (nSPS) is 20.5. The predicted molar refractivity (Wildman–Crippen MR) is 83.8 cm³/mol. The molecule has 126 valence electrons. The summed E-state index contributed by atoms with van der Waals surface area (Å²) in [5.74, 6) is -0.847. The van der Waals surface area contributed by atoms with E-state index in [4.69, 9.17) is 5.73 Å². The van der Waals surface area contributed by atoms with Gasteiger partial charge in [0.05, 0.1) is 6.04 Å². The Morgan fingerprint density at radius 3 is 2.36 bits per heavy atom. The van der Waals surface area contributed by atoms with Crippen molar-refractivity contribution in [3.05, 3.63) is 0 Å². The lowest BCUT2D eigenvalue weighted by molar-refractivity contribution is -0.132. The van der Waals surface area contributed by atoms with Gasteiger partial charge in [0.1, 0.15) is 12.1 Å². The average molecular weight is 312 g/mol. The van der Waals surface area contributed by atoms with E-state index in [1.807, 2.05) is 13.8 Å². The summed E-state index contributed by atoms with van der Waals surface area (Å²) >= 11 is 0. The van der Waals surface area contributed by atoms with Crippen LogP contribution in [0.25, 0.3) is 0 Å². The van der Waals surface area contributed by atoms with Gasteiger partial charge >= 0.3 is 0 Å². The summed E-state index contributed by atoms with van der Waals surface area (Å²) in [6.45, 7) is 6.55. The van der Waals surface area contributed by atoms with Crippen LogP contribution in [0.15, 0.2) is 0 Å². The molecule has 0 aromatic rings. The summed E-state index contributed by atoms with van der Waals surface area (Å²) in [6.07, 6.45) is 2.67. The molecule has 7 nitrogen and oxygen atoms in total. The second-order valence-corrected chi connectivity index (χ2v) is 6.21. The quantitative estimate of drug-likeness (QED) is 0.490. The van der Waals surface area contributed by atoms with Crippen molar-refractivity contribution in [1.29, 1.82) is 0 Å².